The zero-order valence-corrected chi connectivity index (χ0v) is 18.0. The average Bonchev–Trinajstić information content (AvgIpc) is 3.55. The van der Waals surface area contributed by atoms with Crippen molar-refractivity contribution >= 4 is 29.4 Å². The Hall–Kier alpha value is -3.96. The molecule has 0 spiro atoms. The molecule has 0 radical (unpaired) electrons. The third kappa shape index (κ3) is 4.56. The minimum absolute atomic E-state index is 0.0177. The van der Waals surface area contributed by atoms with Gasteiger partial charge in [0.05, 0.1) is 18.0 Å². The van der Waals surface area contributed by atoms with Crippen LogP contribution in [0.5, 0.6) is 0 Å². The lowest BCUT2D eigenvalue weighted by Gasteiger charge is -2.32. The monoisotopic (exact) mass is 475 g/mol. The van der Waals surface area contributed by atoms with Gasteiger partial charge in [-0.2, -0.15) is 0 Å². The summed E-state index contributed by atoms with van der Waals surface area (Å²) < 4.78 is 32.2. The molecule has 0 saturated carbocycles. The molecular formula is C22H23F2N5O5. The SMILES string of the molecule is NC(=O)[C@H]1CCCN1C(=O)[C@@H]1[C@@H](NC(=O)Nc2ccc(F)cc2F)CCN1C(=O)c1ccco1. The Bertz CT molecular complexity index is 1110. The third-order valence-electron chi connectivity index (χ3n) is 6.00. The Kier molecular flexibility index (Phi) is 6.48. The maximum atomic E-state index is 13.9. The first-order valence-electron chi connectivity index (χ1n) is 10.7. The fraction of sp³-hybridized carbons (Fsp3) is 0.364. The summed E-state index contributed by atoms with van der Waals surface area (Å²) in [5.41, 5.74) is 5.20. The number of hydrogen-bond acceptors (Lipinski definition) is 5. The third-order valence-corrected chi connectivity index (χ3v) is 6.00. The number of hydrogen-bond donors (Lipinski definition) is 3. The minimum atomic E-state index is -1.14. The number of nitrogens with zero attached hydrogens (tertiary/aromatic N) is 2. The van der Waals surface area contributed by atoms with Crippen LogP contribution < -0.4 is 16.4 Å². The average molecular weight is 475 g/mol. The molecule has 0 unspecified atom stereocenters. The lowest BCUT2D eigenvalue weighted by molar-refractivity contribution is -0.140. The number of amides is 5. The van der Waals surface area contributed by atoms with Gasteiger partial charge in [0.25, 0.3) is 5.91 Å². The van der Waals surface area contributed by atoms with Crippen LogP contribution in [0.3, 0.4) is 0 Å². The smallest absolute Gasteiger partial charge is 0.319 e. The molecule has 2 aromatic rings. The predicted octanol–water partition coefficient (Wildman–Crippen LogP) is 1.44. The van der Waals surface area contributed by atoms with E-state index >= 15 is 0 Å². The molecule has 0 bridgehead atoms. The lowest BCUT2D eigenvalue weighted by atomic mass is 10.1. The first kappa shape index (κ1) is 23.2. The molecule has 10 nitrogen and oxygen atoms in total. The van der Waals surface area contributed by atoms with Crippen LogP contribution in [-0.2, 0) is 9.59 Å². The number of urea groups is 1. The first-order valence-corrected chi connectivity index (χ1v) is 10.7. The van der Waals surface area contributed by atoms with Crippen molar-refractivity contribution in [3.63, 3.8) is 0 Å². The molecular weight excluding hydrogens is 452 g/mol. The maximum Gasteiger partial charge on any atom is 0.319 e. The van der Waals surface area contributed by atoms with Crippen LogP contribution in [0.4, 0.5) is 19.3 Å². The quantitative estimate of drug-likeness (QED) is 0.601. The second-order valence-electron chi connectivity index (χ2n) is 8.13. The molecule has 4 N–H and O–H groups in total. The molecule has 180 valence electrons. The molecule has 0 aliphatic carbocycles. The van der Waals surface area contributed by atoms with E-state index in [4.69, 9.17) is 10.2 Å². The number of halogens is 2. The van der Waals surface area contributed by atoms with Crippen LogP contribution in [0.25, 0.3) is 0 Å². The van der Waals surface area contributed by atoms with Crippen molar-refractivity contribution < 1.29 is 32.4 Å². The summed E-state index contributed by atoms with van der Waals surface area (Å²) in [5, 5.41) is 4.88. The second kappa shape index (κ2) is 9.49. The van der Waals surface area contributed by atoms with E-state index in [2.05, 4.69) is 10.6 Å². The predicted molar refractivity (Wildman–Crippen MR) is 114 cm³/mol. The summed E-state index contributed by atoms with van der Waals surface area (Å²) in [5.74, 6) is -3.48. The van der Waals surface area contributed by atoms with Gasteiger partial charge in [-0.3, -0.25) is 14.4 Å². The Balaban J connectivity index is 1.56. The number of likely N-dealkylation sites (tertiary alicyclic amines) is 2. The van der Waals surface area contributed by atoms with Gasteiger partial charge in [0.2, 0.25) is 11.8 Å². The summed E-state index contributed by atoms with van der Waals surface area (Å²) in [4.78, 5) is 53.5. The van der Waals surface area contributed by atoms with Gasteiger partial charge in [-0.25, -0.2) is 13.6 Å². The summed E-state index contributed by atoms with van der Waals surface area (Å²) in [6.07, 6.45) is 2.52. The van der Waals surface area contributed by atoms with Crippen molar-refractivity contribution in [2.45, 2.75) is 37.4 Å². The van der Waals surface area contributed by atoms with Crippen molar-refractivity contribution in [3.8, 4) is 0 Å². The number of primary amides is 1. The minimum Gasteiger partial charge on any atom is -0.459 e. The molecule has 5 amide bonds. The van der Waals surface area contributed by atoms with Gasteiger partial charge in [0.1, 0.15) is 23.7 Å². The molecule has 2 saturated heterocycles. The molecule has 3 atom stereocenters. The van der Waals surface area contributed by atoms with Crippen molar-refractivity contribution in [1.82, 2.24) is 15.1 Å². The Labute approximate surface area is 193 Å². The molecule has 34 heavy (non-hydrogen) atoms. The molecule has 4 rings (SSSR count). The van der Waals surface area contributed by atoms with E-state index in [1.54, 1.807) is 0 Å². The summed E-state index contributed by atoms with van der Waals surface area (Å²) >= 11 is 0. The van der Waals surface area contributed by atoms with Crippen LogP contribution in [0, 0.1) is 11.6 Å². The fourth-order valence-electron chi connectivity index (χ4n) is 4.43. The molecule has 2 fully saturated rings. The Morgan fingerprint density at radius 2 is 1.85 bits per heavy atom. The Morgan fingerprint density at radius 1 is 1.06 bits per heavy atom. The van der Waals surface area contributed by atoms with Crippen LogP contribution >= 0.6 is 0 Å². The van der Waals surface area contributed by atoms with E-state index in [0.29, 0.717) is 18.9 Å². The van der Waals surface area contributed by atoms with E-state index < -0.39 is 53.5 Å². The number of anilines is 1. The molecule has 1 aromatic heterocycles. The van der Waals surface area contributed by atoms with E-state index in [0.717, 1.165) is 12.1 Å². The number of nitrogens with one attached hydrogen (secondary N) is 2. The van der Waals surface area contributed by atoms with Crippen molar-refractivity contribution in [3.05, 3.63) is 54.0 Å². The van der Waals surface area contributed by atoms with Crippen molar-refractivity contribution in [2.75, 3.05) is 18.4 Å². The molecule has 12 heteroatoms. The number of carbonyl (C=O) groups is 4. The number of furan rings is 1. The van der Waals surface area contributed by atoms with Crippen LogP contribution in [0.1, 0.15) is 29.8 Å². The summed E-state index contributed by atoms with van der Waals surface area (Å²) in [6, 6.07) is 2.03. The van der Waals surface area contributed by atoms with E-state index in [9.17, 15) is 28.0 Å². The number of rotatable bonds is 5. The summed E-state index contributed by atoms with van der Waals surface area (Å²) in [6.45, 7) is 0.409. The highest BCUT2D eigenvalue weighted by Crippen LogP contribution is 2.27. The number of carbonyl (C=O) groups excluding carboxylic acids is 4. The Morgan fingerprint density at radius 3 is 2.53 bits per heavy atom. The van der Waals surface area contributed by atoms with Crippen LogP contribution in [0.15, 0.2) is 41.0 Å². The van der Waals surface area contributed by atoms with E-state index in [1.165, 1.54) is 28.2 Å². The highest BCUT2D eigenvalue weighted by Gasteiger charge is 2.47. The highest BCUT2D eigenvalue weighted by molar-refractivity contribution is 5.98. The highest BCUT2D eigenvalue weighted by atomic mass is 19.1. The fourth-order valence-corrected chi connectivity index (χ4v) is 4.43. The standard InChI is InChI=1S/C22H23F2N5O5/c23-12-5-6-14(13(24)11-12)26-22(33)27-15-7-9-29(20(31)17-4-2-10-34-17)18(15)21(32)28-8-1-3-16(28)19(25)30/h2,4-6,10-11,15-16,18H,1,3,7-9H2,(H2,25,30)(H2,26,27,33)/t15-,16+,18-/m0/s1. The lowest BCUT2D eigenvalue weighted by Crippen LogP contribution is -2.58. The van der Waals surface area contributed by atoms with Gasteiger partial charge in [-0.15, -0.1) is 0 Å². The molecule has 1 aromatic carbocycles. The largest absolute Gasteiger partial charge is 0.459 e. The zero-order chi connectivity index (χ0) is 24.4. The molecule has 2 aliphatic rings. The van der Waals surface area contributed by atoms with Gasteiger partial charge in [-0.1, -0.05) is 0 Å². The normalized spacial score (nSPS) is 22.0. The molecule has 2 aliphatic heterocycles. The van der Waals surface area contributed by atoms with Gasteiger partial charge in [-0.05, 0) is 43.5 Å². The van der Waals surface area contributed by atoms with Gasteiger partial charge >= 0.3 is 6.03 Å². The van der Waals surface area contributed by atoms with Gasteiger partial charge in [0, 0.05) is 19.2 Å². The maximum absolute atomic E-state index is 13.9. The van der Waals surface area contributed by atoms with E-state index in [-0.39, 0.29) is 31.0 Å². The van der Waals surface area contributed by atoms with Crippen molar-refractivity contribution in [2.24, 2.45) is 5.73 Å². The van der Waals surface area contributed by atoms with Gasteiger partial charge in [0.15, 0.2) is 5.76 Å². The van der Waals surface area contributed by atoms with Gasteiger partial charge < -0.3 is 30.6 Å². The zero-order valence-electron chi connectivity index (χ0n) is 18.0. The summed E-state index contributed by atoms with van der Waals surface area (Å²) in [7, 11) is 0. The van der Waals surface area contributed by atoms with Crippen LogP contribution in [-0.4, -0.2) is 64.8 Å². The van der Waals surface area contributed by atoms with Crippen LogP contribution in [0.2, 0.25) is 0 Å². The number of benzene rings is 1. The first-order chi connectivity index (χ1) is 16.3. The van der Waals surface area contributed by atoms with E-state index in [1.807, 2.05) is 0 Å². The second-order valence-corrected chi connectivity index (χ2v) is 8.13. The topological polar surface area (TPSA) is 138 Å². The number of nitrogens with two attached hydrogens (primary N) is 1. The van der Waals surface area contributed by atoms with Crippen molar-refractivity contribution in [1.29, 1.82) is 0 Å². The molecule has 3 heterocycles.